The molecular formula is C17H13F3N4O5. The van der Waals surface area contributed by atoms with E-state index in [9.17, 15) is 38.0 Å². The van der Waals surface area contributed by atoms with Crippen LogP contribution >= 0.6 is 0 Å². The van der Waals surface area contributed by atoms with Gasteiger partial charge in [0.25, 0.3) is 5.69 Å². The molecule has 1 saturated heterocycles. The summed E-state index contributed by atoms with van der Waals surface area (Å²) < 4.78 is 41.2. The Morgan fingerprint density at radius 1 is 1.21 bits per heavy atom. The van der Waals surface area contributed by atoms with Crippen LogP contribution in [0.15, 0.2) is 48.7 Å². The van der Waals surface area contributed by atoms with Gasteiger partial charge in [0.1, 0.15) is 11.6 Å². The van der Waals surface area contributed by atoms with E-state index >= 15 is 0 Å². The number of alkyl halides is 3. The molecule has 12 heteroatoms. The number of hydrogen-bond donors (Lipinski definition) is 3. The van der Waals surface area contributed by atoms with E-state index < -0.39 is 40.6 Å². The number of non-ortho nitro benzene ring substituents is 1. The summed E-state index contributed by atoms with van der Waals surface area (Å²) in [6, 6.07) is 5.22. The number of nitro benzene ring substituents is 1. The standard InChI is InChI=1S/C17H13F3N4O5/c18-17(19,20)16(27)12(14(25)11-3-1-2-8-21-11)13(22-15(26)23-16)9-4-6-10(7-5-9)24(28)29/h1-8,12-13,27H,(H2,22,23,26)/t12-,13+,16+/m0/s1. The fraction of sp³-hybridized carbons (Fsp3) is 0.235. The normalized spacial score (nSPS) is 24.3. The summed E-state index contributed by atoms with van der Waals surface area (Å²) in [5, 5.41) is 24.8. The van der Waals surface area contributed by atoms with Crippen LogP contribution < -0.4 is 10.6 Å². The van der Waals surface area contributed by atoms with E-state index in [1.54, 1.807) is 0 Å². The number of halogens is 3. The molecule has 2 amide bonds. The number of aromatic nitrogens is 1. The van der Waals surface area contributed by atoms with E-state index in [0.29, 0.717) is 0 Å². The molecule has 9 nitrogen and oxygen atoms in total. The zero-order chi connectivity index (χ0) is 21.4. The molecule has 152 valence electrons. The summed E-state index contributed by atoms with van der Waals surface area (Å²) in [5.41, 5.74) is -4.63. The van der Waals surface area contributed by atoms with Gasteiger partial charge in [0.15, 0.2) is 5.78 Å². The van der Waals surface area contributed by atoms with E-state index in [0.717, 1.165) is 24.3 Å². The Kier molecular flexibility index (Phi) is 4.96. The summed E-state index contributed by atoms with van der Waals surface area (Å²) in [5.74, 6) is -3.43. The topological polar surface area (TPSA) is 134 Å². The van der Waals surface area contributed by atoms with Gasteiger partial charge in [-0.3, -0.25) is 19.9 Å². The highest BCUT2D eigenvalue weighted by atomic mass is 19.4. The van der Waals surface area contributed by atoms with Crippen LogP contribution in [0.5, 0.6) is 0 Å². The number of carbonyl (C=O) groups is 2. The Balaban J connectivity index is 2.14. The van der Waals surface area contributed by atoms with Crippen molar-refractivity contribution in [3.8, 4) is 0 Å². The molecule has 3 rings (SSSR count). The molecule has 1 aliphatic heterocycles. The van der Waals surface area contributed by atoms with Crippen molar-refractivity contribution in [2.75, 3.05) is 0 Å². The molecule has 1 aromatic carbocycles. The fourth-order valence-corrected chi connectivity index (χ4v) is 3.09. The average molecular weight is 410 g/mol. The molecule has 0 unspecified atom stereocenters. The first-order valence-electron chi connectivity index (χ1n) is 8.12. The molecule has 0 saturated carbocycles. The van der Waals surface area contributed by atoms with Gasteiger partial charge in [-0.1, -0.05) is 18.2 Å². The van der Waals surface area contributed by atoms with Crippen molar-refractivity contribution < 1.29 is 32.8 Å². The Morgan fingerprint density at radius 3 is 2.38 bits per heavy atom. The van der Waals surface area contributed by atoms with Crippen LogP contribution in [-0.4, -0.2) is 38.7 Å². The SMILES string of the molecule is O=C1N[C@H](c2ccc([N+](=O)[O-])cc2)[C@@H](C(=O)c2ccccn2)[C@@](O)(C(F)(F)F)N1. The molecule has 0 aliphatic carbocycles. The van der Waals surface area contributed by atoms with Crippen molar-refractivity contribution in [3.05, 3.63) is 70.0 Å². The zero-order valence-corrected chi connectivity index (χ0v) is 14.4. The average Bonchev–Trinajstić information content (AvgIpc) is 2.67. The second-order valence-electron chi connectivity index (χ2n) is 6.25. The minimum Gasteiger partial charge on any atom is -0.363 e. The summed E-state index contributed by atoms with van der Waals surface area (Å²) in [4.78, 5) is 38.6. The highest BCUT2D eigenvalue weighted by molar-refractivity contribution is 5.99. The van der Waals surface area contributed by atoms with Crippen molar-refractivity contribution >= 4 is 17.5 Å². The molecule has 0 radical (unpaired) electrons. The van der Waals surface area contributed by atoms with Crippen molar-refractivity contribution in [3.63, 3.8) is 0 Å². The molecule has 0 spiro atoms. The van der Waals surface area contributed by atoms with Crippen molar-refractivity contribution in [1.29, 1.82) is 0 Å². The molecule has 2 heterocycles. The Labute approximate surface area is 160 Å². The van der Waals surface area contributed by atoms with Crippen LogP contribution in [0.2, 0.25) is 0 Å². The summed E-state index contributed by atoms with van der Waals surface area (Å²) >= 11 is 0. The molecular weight excluding hydrogens is 397 g/mol. The maximum absolute atomic E-state index is 13.7. The molecule has 2 aromatic rings. The minimum atomic E-state index is -5.40. The second kappa shape index (κ2) is 7.13. The van der Waals surface area contributed by atoms with Crippen molar-refractivity contribution in [2.45, 2.75) is 17.9 Å². The second-order valence-corrected chi connectivity index (χ2v) is 6.25. The lowest BCUT2D eigenvalue weighted by atomic mass is 9.78. The number of pyridine rings is 1. The van der Waals surface area contributed by atoms with Crippen LogP contribution in [0.1, 0.15) is 22.1 Å². The largest absolute Gasteiger partial charge is 0.437 e. The highest BCUT2D eigenvalue weighted by Crippen LogP contribution is 2.43. The molecule has 1 aromatic heterocycles. The van der Waals surface area contributed by atoms with Crippen molar-refractivity contribution in [1.82, 2.24) is 15.6 Å². The number of urea groups is 1. The predicted octanol–water partition coefficient (Wildman–Crippen LogP) is 2.09. The lowest BCUT2D eigenvalue weighted by Gasteiger charge is -2.44. The van der Waals surface area contributed by atoms with Crippen LogP contribution in [0.3, 0.4) is 0 Å². The number of ketones is 1. The van der Waals surface area contributed by atoms with Gasteiger partial charge in [-0.05, 0) is 17.7 Å². The third-order valence-corrected chi connectivity index (χ3v) is 4.47. The molecule has 1 fully saturated rings. The van der Waals surface area contributed by atoms with Gasteiger partial charge in [-0.25, -0.2) is 4.79 Å². The molecule has 1 aliphatic rings. The van der Waals surface area contributed by atoms with Gasteiger partial charge < -0.3 is 15.7 Å². The number of nitrogens with one attached hydrogen (secondary N) is 2. The number of Topliss-reactive ketones (excluding diaryl/α,β-unsaturated/α-hetero) is 1. The molecule has 0 bridgehead atoms. The Bertz CT molecular complexity index is 952. The van der Waals surface area contributed by atoms with E-state index in [4.69, 9.17) is 0 Å². The van der Waals surface area contributed by atoms with Crippen molar-refractivity contribution in [2.24, 2.45) is 5.92 Å². The lowest BCUT2D eigenvalue weighted by molar-refractivity contribution is -0.384. The Morgan fingerprint density at radius 2 is 1.86 bits per heavy atom. The van der Waals surface area contributed by atoms with E-state index in [2.05, 4.69) is 10.3 Å². The first-order valence-corrected chi connectivity index (χ1v) is 8.12. The first-order chi connectivity index (χ1) is 13.5. The maximum Gasteiger partial charge on any atom is 0.437 e. The molecule has 29 heavy (non-hydrogen) atoms. The van der Waals surface area contributed by atoms with E-state index in [-0.39, 0.29) is 16.9 Å². The van der Waals surface area contributed by atoms with Crippen LogP contribution in [-0.2, 0) is 0 Å². The number of rotatable bonds is 4. The number of amides is 2. The number of nitro groups is 1. The van der Waals surface area contributed by atoms with Gasteiger partial charge in [0.05, 0.1) is 11.0 Å². The molecule has 3 atom stereocenters. The number of nitrogens with zero attached hydrogens (tertiary/aromatic N) is 2. The molecule has 3 N–H and O–H groups in total. The maximum atomic E-state index is 13.7. The van der Waals surface area contributed by atoms with E-state index in [1.165, 1.54) is 29.7 Å². The quantitative estimate of drug-likeness (QED) is 0.401. The van der Waals surface area contributed by atoms with Gasteiger partial charge in [0.2, 0.25) is 5.72 Å². The number of benzene rings is 1. The summed E-state index contributed by atoms with van der Waals surface area (Å²) in [6.45, 7) is 0. The number of aliphatic hydroxyl groups is 1. The van der Waals surface area contributed by atoms with E-state index in [1.807, 2.05) is 0 Å². The number of hydrogen-bond acceptors (Lipinski definition) is 6. The summed E-state index contributed by atoms with van der Waals surface area (Å²) in [6.07, 6.45) is -4.21. The van der Waals surface area contributed by atoms with Gasteiger partial charge in [-0.2, -0.15) is 13.2 Å². The first kappa shape index (κ1) is 20.2. The summed E-state index contributed by atoms with van der Waals surface area (Å²) in [7, 11) is 0. The third kappa shape index (κ3) is 3.61. The highest BCUT2D eigenvalue weighted by Gasteiger charge is 2.66. The van der Waals surface area contributed by atoms with Gasteiger partial charge in [-0.15, -0.1) is 0 Å². The monoisotopic (exact) mass is 410 g/mol. The van der Waals surface area contributed by atoms with Crippen LogP contribution in [0.25, 0.3) is 0 Å². The van der Waals surface area contributed by atoms with Crippen LogP contribution in [0.4, 0.5) is 23.7 Å². The fourth-order valence-electron chi connectivity index (χ4n) is 3.09. The lowest BCUT2D eigenvalue weighted by Crippen LogP contribution is -2.72. The smallest absolute Gasteiger partial charge is 0.363 e. The minimum absolute atomic E-state index is 0.0394. The van der Waals surface area contributed by atoms with Gasteiger partial charge in [0, 0.05) is 18.3 Å². The predicted molar refractivity (Wildman–Crippen MR) is 90.6 cm³/mol. The third-order valence-electron chi connectivity index (χ3n) is 4.47. The Hall–Kier alpha value is -3.54. The van der Waals surface area contributed by atoms with Gasteiger partial charge >= 0.3 is 12.2 Å². The van der Waals surface area contributed by atoms with Crippen LogP contribution in [0, 0.1) is 16.0 Å². The number of carbonyl (C=O) groups excluding carboxylic acids is 2. The zero-order valence-electron chi connectivity index (χ0n) is 14.4.